The number of rotatable bonds is 2. The Kier molecular flexibility index (Phi) is 2.28. The van der Waals surface area contributed by atoms with Gasteiger partial charge in [-0.1, -0.05) is 42.5 Å². The fourth-order valence-corrected chi connectivity index (χ4v) is 1.42. The quantitative estimate of drug-likeness (QED) is 0.673. The minimum Gasteiger partial charge on any atom is -0.366 e. The lowest BCUT2D eigenvalue weighted by Gasteiger charge is -2.02. The molecular weight excluding hydrogens is 160 g/mol. The van der Waals surface area contributed by atoms with Gasteiger partial charge in [0, 0.05) is 7.11 Å². The Bertz CT molecular complexity index is 401. The van der Waals surface area contributed by atoms with Gasteiger partial charge < -0.3 is 4.74 Å². The molecule has 2 aromatic rings. The summed E-state index contributed by atoms with van der Waals surface area (Å²) in [7, 11) is 1.61. The number of ether oxygens (including phenoxy) is 1. The first kappa shape index (κ1) is 8.27. The highest BCUT2D eigenvalue weighted by Gasteiger charge is 1.99. The molecule has 0 atom stereocenters. The van der Waals surface area contributed by atoms with E-state index in [1.54, 1.807) is 7.11 Å². The van der Waals surface area contributed by atoms with Crippen molar-refractivity contribution in [2.24, 2.45) is 0 Å². The van der Waals surface area contributed by atoms with Crippen LogP contribution in [0.2, 0.25) is 0 Å². The van der Waals surface area contributed by atoms with Gasteiger partial charge in [0.25, 0.3) is 0 Å². The van der Waals surface area contributed by atoms with E-state index in [1.165, 1.54) is 10.8 Å². The van der Waals surface area contributed by atoms with Crippen LogP contribution in [0.4, 0.5) is 0 Å². The van der Waals surface area contributed by atoms with Gasteiger partial charge in [-0.15, -0.1) is 0 Å². The van der Waals surface area contributed by atoms with E-state index in [-0.39, 0.29) is 0 Å². The second-order valence-electron chi connectivity index (χ2n) is 2.83. The lowest BCUT2D eigenvalue weighted by atomic mass is 10.1. The fourth-order valence-electron chi connectivity index (χ4n) is 1.42. The van der Waals surface area contributed by atoms with E-state index < -0.39 is 0 Å². The van der Waals surface area contributed by atoms with Crippen LogP contribution in [0.3, 0.4) is 0 Å². The highest BCUT2D eigenvalue weighted by Crippen LogP contribution is 2.19. The highest BCUT2D eigenvalue weighted by atomic mass is 16.5. The molecule has 0 aromatic heterocycles. The Balaban J connectivity index is 2.61. The number of hydrogen-bond donors (Lipinski definition) is 0. The average molecular weight is 170 g/mol. The Hall–Kier alpha value is -1.34. The lowest BCUT2D eigenvalue weighted by molar-refractivity contribution is 0.293. The predicted molar refractivity (Wildman–Crippen MR) is 53.3 cm³/mol. The van der Waals surface area contributed by atoms with Gasteiger partial charge in [0.1, 0.15) is 0 Å². The van der Waals surface area contributed by atoms with Crippen LogP contribution < -0.4 is 0 Å². The van der Waals surface area contributed by atoms with Crippen LogP contribution in [0.1, 0.15) is 5.56 Å². The molecule has 0 spiro atoms. The van der Waals surface area contributed by atoms with Crippen LogP contribution in [-0.2, 0) is 4.74 Å². The van der Waals surface area contributed by atoms with Crippen molar-refractivity contribution in [3.05, 3.63) is 54.6 Å². The molecule has 0 heterocycles. The molecule has 2 aromatic carbocycles. The zero-order valence-electron chi connectivity index (χ0n) is 7.45. The van der Waals surface area contributed by atoms with Gasteiger partial charge in [0.05, 0.1) is 0 Å². The summed E-state index contributed by atoms with van der Waals surface area (Å²) in [6.07, 6.45) is 0. The van der Waals surface area contributed by atoms with E-state index in [0.717, 1.165) is 5.56 Å². The van der Waals surface area contributed by atoms with Gasteiger partial charge >= 0.3 is 0 Å². The van der Waals surface area contributed by atoms with Gasteiger partial charge in [-0.2, -0.15) is 0 Å². The molecule has 0 aliphatic rings. The van der Waals surface area contributed by atoms with E-state index in [1.807, 2.05) is 24.3 Å². The molecule has 0 N–H and O–H groups in total. The van der Waals surface area contributed by atoms with E-state index >= 15 is 0 Å². The first-order valence-electron chi connectivity index (χ1n) is 4.18. The first-order valence-corrected chi connectivity index (χ1v) is 4.18. The molecule has 0 saturated heterocycles. The molecule has 0 aliphatic carbocycles. The zero-order chi connectivity index (χ0) is 9.10. The van der Waals surface area contributed by atoms with Crippen molar-refractivity contribution in [1.29, 1.82) is 0 Å². The third kappa shape index (κ3) is 1.56. The van der Waals surface area contributed by atoms with E-state index in [4.69, 9.17) is 4.74 Å². The molecule has 2 rings (SSSR count). The number of hydrogen-bond acceptors (Lipinski definition) is 1. The molecule has 1 heteroatoms. The molecule has 0 aliphatic heterocycles. The summed E-state index contributed by atoms with van der Waals surface area (Å²) in [5, 5.41) is 2.39. The van der Waals surface area contributed by atoms with E-state index in [2.05, 4.69) is 24.8 Å². The van der Waals surface area contributed by atoms with Crippen LogP contribution in [0, 0.1) is 6.61 Å². The summed E-state index contributed by atoms with van der Waals surface area (Å²) in [6.45, 7) is 2.85. The monoisotopic (exact) mass is 170 g/mol. The second-order valence-corrected chi connectivity index (χ2v) is 2.83. The Morgan fingerprint density at radius 3 is 2.62 bits per heavy atom. The van der Waals surface area contributed by atoms with Crippen molar-refractivity contribution in [3.63, 3.8) is 0 Å². The van der Waals surface area contributed by atoms with Gasteiger partial charge in [-0.25, -0.2) is 0 Å². The summed E-state index contributed by atoms with van der Waals surface area (Å²) in [6, 6.07) is 14.3. The Morgan fingerprint density at radius 1 is 1.00 bits per heavy atom. The van der Waals surface area contributed by atoms with Crippen LogP contribution in [-0.4, -0.2) is 7.11 Å². The Labute approximate surface area is 78.0 Å². The smallest absolute Gasteiger partial charge is 0.166 e. The predicted octanol–water partition coefficient (Wildman–Crippen LogP) is 2.87. The highest BCUT2D eigenvalue weighted by molar-refractivity contribution is 5.86. The summed E-state index contributed by atoms with van der Waals surface area (Å²) >= 11 is 0. The van der Waals surface area contributed by atoms with E-state index in [9.17, 15) is 0 Å². The molecule has 2 radical (unpaired) electrons. The summed E-state index contributed by atoms with van der Waals surface area (Å²) in [5.74, 6) is 0. The number of benzene rings is 2. The average Bonchev–Trinajstić information content (AvgIpc) is 2.19. The van der Waals surface area contributed by atoms with Crippen molar-refractivity contribution < 1.29 is 4.74 Å². The standard InChI is InChI=1S/C12H10O/c1-13-9-11-7-4-6-10-5-2-3-8-12(10)11/h2-8H,1H3. The largest absolute Gasteiger partial charge is 0.366 e. The van der Waals surface area contributed by atoms with Crippen molar-refractivity contribution in [3.8, 4) is 0 Å². The maximum atomic E-state index is 4.89. The summed E-state index contributed by atoms with van der Waals surface area (Å²) in [4.78, 5) is 0. The maximum absolute atomic E-state index is 4.89. The van der Waals surface area contributed by atoms with Crippen LogP contribution in [0.25, 0.3) is 10.8 Å². The van der Waals surface area contributed by atoms with Gasteiger partial charge in [-0.3, -0.25) is 0 Å². The Morgan fingerprint density at radius 2 is 1.77 bits per heavy atom. The molecule has 0 fully saturated rings. The zero-order valence-corrected chi connectivity index (χ0v) is 7.45. The molecule has 0 amide bonds. The summed E-state index contributed by atoms with van der Waals surface area (Å²) in [5.41, 5.74) is 1.00. The van der Waals surface area contributed by atoms with E-state index in [0.29, 0.717) is 0 Å². The SMILES string of the molecule is CO[C]c1cccc2ccccc12. The third-order valence-electron chi connectivity index (χ3n) is 2.00. The minimum atomic E-state index is 1.00. The molecule has 0 bridgehead atoms. The molecule has 64 valence electrons. The minimum absolute atomic E-state index is 1.00. The van der Waals surface area contributed by atoms with Crippen molar-refractivity contribution in [1.82, 2.24) is 0 Å². The van der Waals surface area contributed by atoms with Gasteiger partial charge in [0.2, 0.25) is 0 Å². The number of methoxy groups -OCH3 is 1. The van der Waals surface area contributed by atoms with Crippen molar-refractivity contribution in [2.75, 3.05) is 7.11 Å². The topological polar surface area (TPSA) is 9.23 Å². The molecule has 13 heavy (non-hydrogen) atoms. The van der Waals surface area contributed by atoms with Crippen LogP contribution >= 0.6 is 0 Å². The maximum Gasteiger partial charge on any atom is 0.166 e. The fraction of sp³-hybridized carbons (Fsp3) is 0.0833. The van der Waals surface area contributed by atoms with Crippen LogP contribution in [0.15, 0.2) is 42.5 Å². The molecule has 1 nitrogen and oxygen atoms in total. The molecule has 0 saturated carbocycles. The molecule has 0 unspecified atom stereocenters. The summed E-state index contributed by atoms with van der Waals surface area (Å²) < 4.78 is 4.89. The normalized spacial score (nSPS) is 10.5. The van der Waals surface area contributed by atoms with Crippen LogP contribution in [0.5, 0.6) is 0 Å². The number of fused-ring (bicyclic) bond motifs is 1. The van der Waals surface area contributed by atoms with Crippen molar-refractivity contribution in [2.45, 2.75) is 0 Å². The lowest BCUT2D eigenvalue weighted by Crippen LogP contribution is -1.85. The van der Waals surface area contributed by atoms with Crippen molar-refractivity contribution >= 4 is 10.8 Å². The van der Waals surface area contributed by atoms with Gasteiger partial charge in [0.15, 0.2) is 6.61 Å². The molecular formula is C12H10O. The second kappa shape index (κ2) is 3.58. The third-order valence-corrected chi connectivity index (χ3v) is 2.00. The first-order chi connectivity index (χ1) is 6.42. The van der Waals surface area contributed by atoms with Gasteiger partial charge in [-0.05, 0) is 16.3 Å².